The molecule has 0 fully saturated rings. The first kappa shape index (κ1) is 19.6. The average Bonchev–Trinajstić information content (AvgIpc) is 3.37. The normalized spacial score (nSPS) is 17.2. The predicted molar refractivity (Wildman–Crippen MR) is 110 cm³/mol. The Kier molecular flexibility index (Phi) is 5.62. The Bertz CT molecular complexity index is 944. The highest BCUT2D eigenvalue weighted by molar-refractivity contribution is 6.31. The molecule has 2 aliphatic rings. The van der Waals surface area contributed by atoms with E-state index < -0.39 is 0 Å². The zero-order chi connectivity index (χ0) is 20.4. The van der Waals surface area contributed by atoms with E-state index in [1.54, 1.807) is 4.90 Å². The lowest BCUT2D eigenvalue weighted by atomic mass is 10.0. The van der Waals surface area contributed by atoms with Crippen LogP contribution >= 0.6 is 11.6 Å². The van der Waals surface area contributed by atoms with E-state index in [4.69, 9.17) is 25.9 Å². The summed E-state index contributed by atoms with van der Waals surface area (Å²) in [6.45, 7) is 4.91. The van der Waals surface area contributed by atoms with Crippen molar-refractivity contribution in [3.05, 3.63) is 58.6 Å². The van der Waals surface area contributed by atoms with Crippen molar-refractivity contribution in [1.29, 1.82) is 0 Å². The van der Waals surface area contributed by atoms with Crippen molar-refractivity contribution in [3.8, 4) is 11.5 Å². The van der Waals surface area contributed by atoms with Gasteiger partial charge in [0.15, 0.2) is 17.6 Å². The van der Waals surface area contributed by atoms with Gasteiger partial charge in [0, 0.05) is 29.5 Å². The molecule has 2 heterocycles. The number of carbonyl (C=O) groups excluding carboxylic acids is 1. The number of amides is 1. The number of fused-ring (bicyclic) bond motifs is 1. The summed E-state index contributed by atoms with van der Waals surface area (Å²) in [5.74, 6) is 1.39. The van der Waals surface area contributed by atoms with E-state index in [2.05, 4.69) is 5.16 Å². The largest absolute Gasteiger partial charge is 0.454 e. The van der Waals surface area contributed by atoms with Gasteiger partial charge in [-0.1, -0.05) is 48.8 Å². The Morgan fingerprint density at radius 1 is 1.21 bits per heavy atom. The molecule has 6 nitrogen and oxygen atoms in total. The first-order valence-corrected chi connectivity index (χ1v) is 10.0. The van der Waals surface area contributed by atoms with E-state index in [0.717, 1.165) is 22.6 Å². The molecule has 0 bridgehead atoms. The Morgan fingerprint density at radius 2 is 2.00 bits per heavy atom. The van der Waals surface area contributed by atoms with Gasteiger partial charge in [0.25, 0.3) is 0 Å². The second-order valence-electron chi connectivity index (χ2n) is 7.50. The molecule has 0 radical (unpaired) electrons. The van der Waals surface area contributed by atoms with Crippen molar-refractivity contribution in [1.82, 2.24) is 4.90 Å². The number of nitrogens with zero attached hydrogens (tertiary/aromatic N) is 2. The standard InChI is InChI=1S/C22H23ClN2O4/c1-14(2)22(26)25(11-16-5-3-4-6-18(16)23)12-17-10-19(24-29-17)15-7-8-20-21(9-15)28-13-27-20/h3-9,14,17H,10-13H2,1-2H3. The third kappa shape index (κ3) is 4.32. The predicted octanol–water partition coefficient (Wildman–Crippen LogP) is 4.25. The summed E-state index contributed by atoms with van der Waals surface area (Å²) < 4.78 is 10.8. The first-order valence-electron chi connectivity index (χ1n) is 9.66. The SMILES string of the molecule is CC(C)C(=O)N(Cc1ccccc1Cl)CC1CC(c2ccc3c(c2)OCO3)=NO1. The van der Waals surface area contributed by atoms with Gasteiger partial charge in [-0.25, -0.2) is 0 Å². The van der Waals surface area contributed by atoms with Crippen molar-refractivity contribution in [3.63, 3.8) is 0 Å². The molecule has 1 unspecified atom stereocenters. The topological polar surface area (TPSA) is 60.4 Å². The fraction of sp³-hybridized carbons (Fsp3) is 0.364. The Morgan fingerprint density at radius 3 is 2.79 bits per heavy atom. The van der Waals surface area contributed by atoms with E-state index in [1.165, 1.54) is 0 Å². The Balaban J connectivity index is 1.45. The Hall–Kier alpha value is -2.73. The Labute approximate surface area is 175 Å². The van der Waals surface area contributed by atoms with Crippen LogP contribution in [-0.4, -0.2) is 36.0 Å². The van der Waals surface area contributed by atoms with E-state index in [-0.39, 0.29) is 24.7 Å². The van der Waals surface area contributed by atoms with Gasteiger partial charge in [-0.2, -0.15) is 0 Å². The molecule has 0 aromatic heterocycles. The van der Waals surface area contributed by atoms with Crippen molar-refractivity contribution >= 4 is 23.2 Å². The summed E-state index contributed by atoms with van der Waals surface area (Å²) in [6, 6.07) is 13.3. The molecule has 152 valence electrons. The minimum absolute atomic E-state index is 0.0602. The second-order valence-corrected chi connectivity index (χ2v) is 7.91. The van der Waals surface area contributed by atoms with Crippen LogP contribution in [0.25, 0.3) is 0 Å². The number of carbonyl (C=O) groups is 1. The third-order valence-electron chi connectivity index (χ3n) is 4.99. The molecule has 1 atom stereocenters. The van der Waals surface area contributed by atoms with Gasteiger partial charge in [-0.15, -0.1) is 0 Å². The van der Waals surface area contributed by atoms with E-state index in [1.807, 2.05) is 56.3 Å². The number of hydrogen-bond donors (Lipinski definition) is 0. The van der Waals surface area contributed by atoms with Crippen LogP contribution in [0.1, 0.15) is 31.4 Å². The summed E-state index contributed by atoms with van der Waals surface area (Å²) >= 11 is 6.30. The van der Waals surface area contributed by atoms with Gasteiger partial charge in [-0.3, -0.25) is 4.79 Å². The summed E-state index contributed by atoms with van der Waals surface area (Å²) in [4.78, 5) is 20.2. The first-order chi connectivity index (χ1) is 14.0. The van der Waals surface area contributed by atoms with E-state index in [0.29, 0.717) is 30.3 Å². The van der Waals surface area contributed by atoms with Gasteiger partial charge >= 0.3 is 0 Å². The van der Waals surface area contributed by atoms with Crippen LogP contribution in [-0.2, 0) is 16.2 Å². The molecule has 7 heteroatoms. The monoisotopic (exact) mass is 414 g/mol. The van der Waals surface area contributed by atoms with Crippen LogP contribution in [0.3, 0.4) is 0 Å². The fourth-order valence-corrected chi connectivity index (χ4v) is 3.64. The third-order valence-corrected chi connectivity index (χ3v) is 5.36. The molecule has 2 aromatic carbocycles. The zero-order valence-electron chi connectivity index (χ0n) is 16.4. The van der Waals surface area contributed by atoms with Gasteiger partial charge < -0.3 is 19.2 Å². The minimum Gasteiger partial charge on any atom is -0.454 e. The number of halogens is 1. The smallest absolute Gasteiger partial charge is 0.231 e. The van der Waals surface area contributed by atoms with Gasteiger partial charge in [0.1, 0.15) is 0 Å². The minimum atomic E-state index is -0.208. The number of benzene rings is 2. The molecule has 0 spiro atoms. The average molecular weight is 415 g/mol. The summed E-state index contributed by atoms with van der Waals surface area (Å²) in [6.07, 6.45) is 0.407. The molecule has 0 aliphatic carbocycles. The lowest BCUT2D eigenvalue weighted by Crippen LogP contribution is -2.39. The molecule has 2 aliphatic heterocycles. The molecule has 0 saturated heterocycles. The molecule has 29 heavy (non-hydrogen) atoms. The number of rotatable bonds is 6. The second kappa shape index (κ2) is 8.33. The van der Waals surface area contributed by atoms with Crippen LogP contribution in [0.5, 0.6) is 11.5 Å². The molecule has 4 rings (SSSR count). The maximum atomic E-state index is 12.8. The maximum Gasteiger partial charge on any atom is 0.231 e. The summed E-state index contributed by atoms with van der Waals surface area (Å²) in [5, 5.41) is 4.90. The highest BCUT2D eigenvalue weighted by Gasteiger charge is 2.29. The lowest BCUT2D eigenvalue weighted by molar-refractivity contribution is -0.136. The highest BCUT2D eigenvalue weighted by Crippen LogP contribution is 2.33. The summed E-state index contributed by atoms with van der Waals surface area (Å²) in [5.41, 5.74) is 2.69. The molecule has 0 N–H and O–H groups in total. The zero-order valence-corrected chi connectivity index (χ0v) is 17.2. The molecule has 0 saturated carbocycles. The van der Waals surface area contributed by atoms with Gasteiger partial charge in [0.05, 0.1) is 12.3 Å². The van der Waals surface area contributed by atoms with Crippen LogP contribution in [0.4, 0.5) is 0 Å². The number of ether oxygens (including phenoxy) is 2. The van der Waals surface area contributed by atoms with E-state index in [9.17, 15) is 4.79 Å². The number of hydrogen-bond acceptors (Lipinski definition) is 5. The molecule has 1 amide bonds. The van der Waals surface area contributed by atoms with Crippen molar-refractivity contribution in [2.45, 2.75) is 32.9 Å². The van der Waals surface area contributed by atoms with Crippen molar-refractivity contribution in [2.75, 3.05) is 13.3 Å². The van der Waals surface area contributed by atoms with E-state index >= 15 is 0 Å². The fourth-order valence-electron chi connectivity index (χ4n) is 3.45. The van der Waals surface area contributed by atoms with Crippen LogP contribution in [0, 0.1) is 5.92 Å². The highest BCUT2D eigenvalue weighted by atomic mass is 35.5. The lowest BCUT2D eigenvalue weighted by Gasteiger charge is -2.27. The van der Waals surface area contributed by atoms with Crippen LogP contribution in [0.2, 0.25) is 5.02 Å². The maximum absolute atomic E-state index is 12.8. The molecular weight excluding hydrogens is 392 g/mol. The quantitative estimate of drug-likeness (QED) is 0.709. The molecular formula is C22H23ClN2O4. The number of oxime groups is 1. The van der Waals surface area contributed by atoms with Crippen molar-refractivity contribution < 1.29 is 19.1 Å². The van der Waals surface area contributed by atoms with Gasteiger partial charge in [-0.05, 0) is 29.8 Å². The van der Waals surface area contributed by atoms with Gasteiger partial charge in [0.2, 0.25) is 12.7 Å². The van der Waals surface area contributed by atoms with Crippen LogP contribution < -0.4 is 9.47 Å². The van der Waals surface area contributed by atoms with Crippen LogP contribution in [0.15, 0.2) is 47.6 Å². The molecule has 2 aromatic rings. The van der Waals surface area contributed by atoms with Crippen molar-refractivity contribution in [2.24, 2.45) is 11.1 Å². The summed E-state index contributed by atoms with van der Waals surface area (Å²) in [7, 11) is 0.